The van der Waals surface area contributed by atoms with Crippen molar-refractivity contribution >= 4 is 5.95 Å². The number of aromatic nitrogens is 4. The maximum Gasteiger partial charge on any atom is 0.224 e. The summed E-state index contributed by atoms with van der Waals surface area (Å²) in [6.07, 6.45) is 5.49. The van der Waals surface area contributed by atoms with Crippen molar-refractivity contribution in [1.29, 1.82) is 0 Å². The molecule has 1 N–H and O–H groups in total. The minimum Gasteiger partial charge on any atom is -0.354 e. The molecule has 84 valence electrons. The van der Waals surface area contributed by atoms with Gasteiger partial charge in [0.25, 0.3) is 0 Å². The second kappa shape index (κ2) is 4.30. The van der Waals surface area contributed by atoms with Gasteiger partial charge in [-0.15, -0.1) is 0 Å². The Hall–Kier alpha value is -1.91. The molecule has 0 bridgehead atoms. The molecule has 2 aromatic rings. The molecule has 5 heteroatoms. The lowest BCUT2D eigenvalue weighted by Crippen LogP contribution is -2.08. The minimum atomic E-state index is 0.649. The average molecular weight is 217 g/mol. The van der Waals surface area contributed by atoms with Crippen molar-refractivity contribution in [3.05, 3.63) is 30.0 Å². The van der Waals surface area contributed by atoms with Crippen molar-refractivity contribution in [3.63, 3.8) is 0 Å². The van der Waals surface area contributed by atoms with Gasteiger partial charge >= 0.3 is 0 Å². The van der Waals surface area contributed by atoms with Crippen LogP contribution < -0.4 is 5.32 Å². The zero-order valence-corrected chi connectivity index (χ0v) is 9.73. The lowest BCUT2D eigenvalue weighted by Gasteiger charge is -2.09. The van der Waals surface area contributed by atoms with Crippen LogP contribution in [0.2, 0.25) is 0 Å². The van der Waals surface area contributed by atoms with Crippen LogP contribution >= 0.6 is 0 Å². The normalized spacial score (nSPS) is 10.4. The number of nitrogens with zero attached hydrogens (tertiary/aromatic N) is 4. The molecule has 0 aromatic carbocycles. The van der Waals surface area contributed by atoms with Gasteiger partial charge in [-0.1, -0.05) is 0 Å². The molecule has 0 amide bonds. The maximum atomic E-state index is 4.47. The van der Waals surface area contributed by atoms with Crippen LogP contribution in [0.25, 0.3) is 5.82 Å². The smallest absolute Gasteiger partial charge is 0.224 e. The molecule has 5 nitrogen and oxygen atoms in total. The summed E-state index contributed by atoms with van der Waals surface area (Å²) in [5, 5.41) is 3.10. The van der Waals surface area contributed by atoms with Gasteiger partial charge in [-0.2, -0.15) is 4.98 Å². The second-order valence-electron chi connectivity index (χ2n) is 3.58. The Morgan fingerprint density at radius 2 is 2.12 bits per heavy atom. The number of anilines is 1. The molecule has 0 unspecified atom stereocenters. The van der Waals surface area contributed by atoms with Crippen LogP contribution in [0, 0.1) is 13.8 Å². The quantitative estimate of drug-likeness (QED) is 0.850. The summed E-state index contributed by atoms with van der Waals surface area (Å²) in [7, 11) is 0. The second-order valence-corrected chi connectivity index (χ2v) is 3.58. The standard InChI is InChI=1S/C11H15N5/c1-4-12-11-14-7-8(2)10(15-11)16-6-5-13-9(16)3/h5-7H,4H2,1-3H3,(H,12,14,15). The maximum absolute atomic E-state index is 4.47. The first-order valence-electron chi connectivity index (χ1n) is 5.30. The van der Waals surface area contributed by atoms with Crippen molar-refractivity contribution < 1.29 is 0 Å². The Morgan fingerprint density at radius 3 is 2.75 bits per heavy atom. The highest BCUT2D eigenvalue weighted by molar-refractivity contribution is 5.38. The number of aryl methyl sites for hydroxylation is 2. The summed E-state index contributed by atoms with van der Waals surface area (Å²) in [6, 6.07) is 0. The van der Waals surface area contributed by atoms with E-state index in [0.717, 1.165) is 23.8 Å². The van der Waals surface area contributed by atoms with Gasteiger partial charge in [0.15, 0.2) is 0 Å². The number of rotatable bonds is 3. The van der Waals surface area contributed by atoms with E-state index >= 15 is 0 Å². The Labute approximate surface area is 94.6 Å². The van der Waals surface area contributed by atoms with Crippen LogP contribution in [0.5, 0.6) is 0 Å². The van der Waals surface area contributed by atoms with Crippen LogP contribution in [0.3, 0.4) is 0 Å². The Bertz CT molecular complexity index is 489. The van der Waals surface area contributed by atoms with Crippen molar-refractivity contribution in [1.82, 2.24) is 19.5 Å². The number of imidazole rings is 1. The SMILES string of the molecule is CCNc1ncc(C)c(-n2ccnc2C)n1. The van der Waals surface area contributed by atoms with Crippen LogP contribution in [0.4, 0.5) is 5.95 Å². The number of hydrogen-bond acceptors (Lipinski definition) is 4. The zero-order valence-electron chi connectivity index (χ0n) is 9.73. The van der Waals surface area contributed by atoms with Crippen LogP contribution in [-0.2, 0) is 0 Å². The van der Waals surface area contributed by atoms with E-state index in [-0.39, 0.29) is 0 Å². The van der Waals surface area contributed by atoms with Gasteiger partial charge in [0.05, 0.1) is 0 Å². The molecule has 0 radical (unpaired) electrons. The predicted molar refractivity (Wildman–Crippen MR) is 62.8 cm³/mol. The highest BCUT2D eigenvalue weighted by atomic mass is 15.2. The van der Waals surface area contributed by atoms with Gasteiger partial charge in [-0.3, -0.25) is 4.57 Å². The van der Waals surface area contributed by atoms with E-state index in [1.807, 2.05) is 37.7 Å². The van der Waals surface area contributed by atoms with Gasteiger partial charge in [0.1, 0.15) is 11.6 Å². The van der Waals surface area contributed by atoms with Crippen molar-refractivity contribution in [3.8, 4) is 5.82 Å². The summed E-state index contributed by atoms with van der Waals surface area (Å²) in [5.41, 5.74) is 1.03. The third-order valence-corrected chi connectivity index (χ3v) is 2.33. The number of hydrogen-bond donors (Lipinski definition) is 1. The van der Waals surface area contributed by atoms with Gasteiger partial charge < -0.3 is 5.32 Å². The molecule has 0 saturated carbocycles. The van der Waals surface area contributed by atoms with Crippen molar-refractivity contribution in [2.75, 3.05) is 11.9 Å². The van der Waals surface area contributed by atoms with Crippen molar-refractivity contribution in [2.45, 2.75) is 20.8 Å². The molecule has 2 rings (SSSR count). The van der Waals surface area contributed by atoms with Gasteiger partial charge in [0.2, 0.25) is 5.95 Å². The highest BCUT2D eigenvalue weighted by Crippen LogP contribution is 2.13. The summed E-state index contributed by atoms with van der Waals surface area (Å²) in [4.78, 5) is 12.9. The first-order valence-corrected chi connectivity index (χ1v) is 5.30. The monoisotopic (exact) mass is 217 g/mol. The zero-order chi connectivity index (χ0) is 11.5. The predicted octanol–water partition coefficient (Wildman–Crippen LogP) is 1.71. The largest absolute Gasteiger partial charge is 0.354 e. The van der Waals surface area contributed by atoms with E-state index in [1.165, 1.54) is 0 Å². The molecule has 0 aliphatic heterocycles. The molecule has 2 heterocycles. The summed E-state index contributed by atoms with van der Waals surface area (Å²) >= 11 is 0. The first kappa shape index (κ1) is 10.6. The van der Waals surface area contributed by atoms with Gasteiger partial charge in [0, 0.05) is 30.7 Å². The van der Waals surface area contributed by atoms with E-state index in [2.05, 4.69) is 20.3 Å². The number of nitrogens with one attached hydrogen (secondary N) is 1. The summed E-state index contributed by atoms with van der Waals surface area (Å²) in [5.74, 6) is 2.45. The Balaban J connectivity index is 2.47. The summed E-state index contributed by atoms with van der Waals surface area (Å²) < 4.78 is 1.96. The van der Waals surface area contributed by atoms with Crippen LogP contribution in [0.15, 0.2) is 18.6 Å². The fourth-order valence-electron chi connectivity index (χ4n) is 1.52. The van der Waals surface area contributed by atoms with Gasteiger partial charge in [-0.05, 0) is 20.8 Å². The molecule has 0 atom stereocenters. The minimum absolute atomic E-state index is 0.649. The highest BCUT2D eigenvalue weighted by Gasteiger charge is 2.07. The molecule has 0 fully saturated rings. The fraction of sp³-hybridized carbons (Fsp3) is 0.364. The van der Waals surface area contributed by atoms with Crippen LogP contribution in [0.1, 0.15) is 18.3 Å². The molecule has 0 saturated heterocycles. The van der Waals surface area contributed by atoms with E-state index in [1.54, 1.807) is 6.20 Å². The Kier molecular flexibility index (Phi) is 2.85. The summed E-state index contributed by atoms with van der Waals surface area (Å²) in [6.45, 7) is 6.77. The van der Waals surface area contributed by atoms with Crippen molar-refractivity contribution in [2.24, 2.45) is 0 Å². The van der Waals surface area contributed by atoms with E-state index in [9.17, 15) is 0 Å². The first-order chi connectivity index (χ1) is 7.72. The molecular formula is C11H15N5. The lowest BCUT2D eigenvalue weighted by atomic mass is 10.3. The molecule has 0 spiro atoms. The van der Waals surface area contributed by atoms with Crippen LogP contribution in [-0.4, -0.2) is 26.1 Å². The fourth-order valence-corrected chi connectivity index (χ4v) is 1.52. The third-order valence-electron chi connectivity index (χ3n) is 2.33. The average Bonchev–Trinajstić information content (AvgIpc) is 2.68. The Morgan fingerprint density at radius 1 is 1.31 bits per heavy atom. The third kappa shape index (κ3) is 1.88. The van der Waals surface area contributed by atoms with E-state index < -0.39 is 0 Å². The van der Waals surface area contributed by atoms with E-state index in [0.29, 0.717) is 5.95 Å². The van der Waals surface area contributed by atoms with E-state index in [4.69, 9.17) is 0 Å². The molecule has 2 aromatic heterocycles. The molecule has 0 aliphatic carbocycles. The molecular weight excluding hydrogens is 202 g/mol. The van der Waals surface area contributed by atoms with Gasteiger partial charge in [-0.25, -0.2) is 9.97 Å². The molecule has 0 aliphatic rings. The molecule has 16 heavy (non-hydrogen) atoms. The topological polar surface area (TPSA) is 55.6 Å². The lowest BCUT2D eigenvalue weighted by molar-refractivity contribution is 0.903.